The van der Waals surface area contributed by atoms with Gasteiger partial charge in [-0.25, -0.2) is 4.98 Å². The van der Waals surface area contributed by atoms with Crippen molar-refractivity contribution in [2.75, 3.05) is 30.5 Å². The van der Waals surface area contributed by atoms with E-state index in [1.54, 1.807) is 18.5 Å². The molecular weight excluding hydrogens is 238 g/mol. The average molecular weight is 257 g/mol. The van der Waals surface area contributed by atoms with E-state index in [1.165, 1.54) is 0 Å². The monoisotopic (exact) mass is 257 g/mol. The summed E-state index contributed by atoms with van der Waals surface area (Å²) in [5, 5.41) is 3.08. The molecule has 17 heavy (non-hydrogen) atoms. The van der Waals surface area contributed by atoms with Crippen LogP contribution in [0.1, 0.15) is 19.8 Å². The highest BCUT2D eigenvalue weighted by atomic mass is 32.2. The van der Waals surface area contributed by atoms with Crippen LogP contribution in [-0.4, -0.2) is 39.3 Å². The van der Waals surface area contributed by atoms with Gasteiger partial charge in [0.25, 0.3) is 0 Å². The van der Waals surface area contributed by atoms with Crippen molar-refractivity contribution in [3.63, 3.8) is 0 Å². The maximum atomic E-state index is 10.9. The fraction of sp³-hybridized carbons (Fsp3) is 0.636. The number of anilines is 1. The van der Waals surface area contributed by atoms with Gasteiger partial charge in [0.1, 0.15) is 0 Å². The maximum absolute atomic E-state index is 10.9. The summed E-state index contributed by atoms with van der Waals surface area (Å²) in [4.78, 5) is 8.29. The first kappa shape index (κ1) is 13.9. The molecule has 0 bridgehead atoms. The lowest BCUT2D eigenvalue weighted by Crippen LogP contribution is -2.09. The van der Waals surface area contributed by atoms with Crippen molar-refractivity contribution in [2.24, 2.45) is 0 Å². The van der Waals surface area contributed by atoms with Crippen molar-refractivity contribution >= 4 is 16.7 Å². The highest BCUT2D eigenvalue weighted by molar-refractivity contribution is 7.84. The first-order valence-electron chi connectivity index (χ1n) is 5.72. The van der Waals surface area contributed by atoms with Crippen molar-refractivity contribution in [1.82, 2.24) is 9.97 Å². The van der Waals surface area contributed by atoms with Gasteiger partial charge in [-0.1, -0.05) is 6.92 Å². The van der Waals surface area contributed by atoms with Crippen molar-refractivity contribution in [3.05, 3.63) is 12.3 Å². The van der Waals surface area contributed by atoms with Crippen LogP contribution < -0.4 is 10.1 Å². The van der Waals surface area contributed by atoms with Gasteiger partial charge in [-0.15, -0.1) is 0 Å². The second kappa shape index (κ2) is 8.00. The van der Waals surface area contributed by atoms with Crippen LogP contribution in [0.3, 0.4) is 0 Å². The lowest BCUT2D eigenvalue weighted by molar-refractivity contribution is 0.305. The third-order valence-corrected chi connectivity index (χ3v) is 2.84. The Labute approximate surface area is 104 Å². The van der Waals surface area contributed by atoms with Gasteiger partial charge < -0.3 is 10.1 Å². The topological polar surface area (TPSA) is 64.1 Å². The minimum Gasteiger partial charge on any atom is -0.478 e. The van der Waals surface area contributed by atoms with Crippen LogP contribution in [0, 0.1) is 0 Å². The molecule has 0 amide bonds. The van der Waals surface area contributed by atoms with E-state index < -0.39 is 10.8 Å². The number of nitrogens with one attached hydrogen (secondary N) is 1. The Morgan fingerprint density at radius 2 is 2.35 bits per heavy atom. The van der Waals surface area contributed by atoms with Crippen LogP contribution in [0.15, 0.2) is 12.3 Å². The Kier molecular flexibility index (Phi) is 6.54. The standard InChI is InChI=1S/C11H19N3O2S/c1-3-8-16-10-5-7-13-11(14-10)12-6-4-9-17(2)15/h5,7H,3-4,6,8-9H2,1-2H3,(H,12,13,14). The minimum atomic E-state index is -0.738. The molecule has 1 rings (SSSR count). The van der Waals surface area contributed by atoms with Crippen LogP contribution >= 0.6 is 0 Å². The van der Waals surface area contributed by atoms with Gasteiger partial charge in [-0.3, -0.25) is 4.21 Å². The summed E-state index contributed by atoms with van der Waals surface area (Å²) in [7, 11) is -0.738. The predicted molar refractivity (Wildman–Crippen MR) is 69.9 cm³/mol. The molecule has 0 saturated carbocycles. The summed E-state index contributed by atoms with van der Waals surface area (Å²) in [5.74, 6) is 1.84. The molecule has 1 atom stereocenters. The van der Waals surface area contributed by atoms with Gasteiger partial charge in [0.15, 0.2) is 0 Å². The zero-order valence-corrected chi connectivity index (χ0v) is 11.1. The maximum Gasteiger partial charge on any atom is 0.225 e. The van der Waals surface area contributed by atoms with Crippen molar-refractivity contribution in [3.8, 4) is 5.88 Å². The first-order chi connectivity index (χ1) is 8.22. The third-order valence-electron chi connectivity index (χ3n) is 1.98. The molecule has 96 valence electrons. The molecule has 0 fully saturated rings. The fourth-order valence-electron chi connectivity index (χ4n) is 1.19. The lowest BCUT2D eigenvalue weighted by atomic mass is 10.5. The molecule has 0 radical (unpaired) electrons. The van der Waals surface area contributed by atoms with Gasteiger partial charge in [0.2, 0.25) is 11.8 Å². The zero-order valence-electron chi connectivity index (χ0n) is 10.3. The molecule has 1 aromatic rings. The minimum absolute atomic E-state index is 0.556. The van der Waals surface area contributed by atoms with Gasteiger partial charge in [-0.2, -0.15) is 4.98 Å². The Morgan fingerprint density at radius 3 is 3.06 bits per heavy atom. The van der Waals surface area contributed by atoms with Gasteiger partial charge in [0.05, 0.1) is 6.61 Å². The Hall–Kier alpha value is -1.17. The molecule has 0 aliphatic carbocycles. The smallest absolute Gasteiger partial charge is 0.225 e. The molecule has 1 N–H and O–H groups in total. The SMILES string of the molecule is CCCOc1ccnc(NCCCS(C)=O)n1. The normalized spacial score (nSPS) is 12.1. The molecule has 0 aliphatic heterocycles. The molecule has 1 aromatic heterocycles. The zero-order chi connectivity index (χ0) is 12.5. The molecule has 0 aromatic carbocycles. The van der Waals surface area contributed by atoms with E-state index in [0.717, 1.165) is 19.4 Å². The predicted octanol–water partition coefficient (Wildman–Crippen LogP) is 1.45. The summed E-state index contributed by atoms with van der Waals surface area (Å²) < 4.78 is 16.3. The third kappa shape index (κ3) is 6.21. The summed E-state index contributed by atoms with van der Waals surface area (Å²) in [5.41, 5.74) is 0. The molecule has 1 heterocycles. The van der Waals surface area contributed by atoms with Crippen LogP contribution in [0.2, 0.25) is 0 Å². The van der Waals surface area contributed by atoms with E-state index in [0.29, 0.717) is 24.2 Å². The Morgan fingerprint density at radius 1 is 1.53 bits per heavy atom. The number of aromatic nitrogens is 2. The number of ether oxygens (including phenoxy) is 1. The van der Waals surface area contributed by atoms with Gasteiger partial charge >= 0.3 is 0 Å². The quantitative estimate of drug-likeness (QED) is 0.714. The number of rotatable bonds is 8. The van der Waals surface area contributed by atoms with E-state index in [-0.39, 0.29) is 0 Å². The fourth-order valence-corrected chi connectivity index (χ4v) is 1.74. The van der Waals surface area contributed by atoms with E-state index in [1.807, 2.05) is 6.92 Å². The Balaban J connectivity index is 2.34. The van der Waals surface area contributed by atoms with Crippen LogP contribution in [0.4, 0.5) is 5.95 Å². The van der Waals surface area contributed by atoms with Crippen molar-refractivity contribution < 1.29 is 8.95 Å². The Bertz CT molecular complexity index is 360. The highest BCUT2D eigenvalue weighted by Gasteiger charge is 1.99. The van der Waals surface area contributed by atoms with Crippen LogP contribution in [0.5, 0.6) is 5.88 Å². The van der Waals surface area contributed by atoms with Crippen LogP contribution in [0.25, 0.3) is 0 Å². The summed E-state index contributed by atoms with van der Waals surface area (Å²) in [6.07, 6.45) is 5.16. The van der Waals surface area contributed by atoms with E-state index in [9.17, 15) is 4.21 Å². The van der Waals surface area contributed by atoms with E-state index >= 15 is 0 Å². The largest absolute Gasteiger partial charge is 0.478 e. The van der Waals surface area contributed by atoms with Crippen LogP contribution in [-0.2, 0) is 10.8 Å². The number of hydrogen-bond donors (Lipinski definition) is 1. The molecule has 0 spiro atoms. The average Bonchev–Trinajstić information content (AvgIpc) is 2.32. The van der Waals surface area contributed by atoms with E-state index in [2.05, 4.69) is 15.3 Å². The highest BCUT2D eigenvalue weighted by Crippen LogP contribution is 2.08. The van der Waals surface area contributed by atoms with Gasteiger partial charge in [0, 0.05) is 41.6 Å². The molecule has 0 aliphatic rings. The molecule has 6 heteroatoms. The molecule has 0 saturated heterocycles. The first-order valence-corrected chi connectivity index (χ1v) is 7.45. The summed E-state index contributed by atoms with van der Waals surface area (Å²) in [6.45, 7) is 3.42. The van der Waals surface area contributed by atoms with Gasteiger partial charge in [-0.05, 0) is 12.8 Å². The molecule has 1 unspecified atom stereocenters. The summed E-state index contributed by atoms with van der Waals surface area (Å²) in [6, 6.07) is 1.74. The van der Waals surface area contributed by atoms with Crippen molar-refractivity contribution in [2.45, 2.75) is 19.8 Å². The molecular formula is C11H19N3O2S. The number of hydrogen-bond acceptors (Lipinski definition) is 5. The van der Waals surface area contributed by atoms with E-state index in [4.69, 9.17) is 4.74 Å². The lowest BCUT2D eigenvalue weighted by Gasteiger charge is -2.06. The second-order valence-electron chi connectivity index (χ2n) is 3.62. The molecule has 5 nitrogen and oxygen atoms in total. The summed E-state index contributed by atoms with van der Waals surface area (Å²) >= 11 is 0. The number of nitrogens with zero attached hydrogens (tertiary/aromatic N) is 2. The second-order valence-corrected chi connectivity index (χ2v) is 5.18. The van der Waals surface area contributed by atoms with Crippen molar-refractivity contribution in [1.29, 1.82) is 0 Å².